The van der Waals surface area contributed by atoms with Crippen LogP contribution in [0.2, 0.25) is 0 Å². The highest BCUT2D eigenvalue weighted by Gasteiger charge is 2.21. The maximum absolute atomic E-state index is 12.2. The number of aryl methyl sites for hydroxylation is 1. The summed E-state index contributed by atoms with van der Waals surface area (Å²) in [6, 6.07) is 1.59. The lowest BCUT2D eigenvalue weighted by Crippen LogP contribution is -2.38. The molecule has 4 rings (SSSR count). The number of hydrogen-bond acceptors (Lipinski definition) is 9. The molecule has 2 saturated heterocycles. The van der Waals surface area contributed by atoms with Gasteiger partial charge < -0.3 is 24.4 Å². The van der Waals surface area contributed by atoms with E-state index in [2.05, 4.69) is 35.2 Å². The second-order valence-corrected chi connectivity index (χ2v) is 6.65. The molecule has 2 aliphatic rings. The van der Waals surface area contributed by atoms with Crippen LogP contribution in [0.5, 0.6) is 0 Å². The Bertz CT molecular complexity index is 798. The summed E-state index contributed by atoms with van der Waals surface area (Å²) in [5.74, 6) is 2.11. The van der Waals surface area contributed by atoms with Crippen molar-refractivity contribution >= 4 is 17.8 Å². The van der Waals surface area contributed by atoms with Gasteiger partial charge >= 0.3 is 0 Å². The molecule has 2 aliphatic heterocycles. The standard InChI is InChI=1S/C17H23N7O3/c1-12-10-13(22-27-12)15(25)18-11-14-19-16(23-4-2-3-5-23)21-17(20-14)24-6-8-26-9-7-24/h10H,2-9,11H2,1H3,(H,18,25). The third-order valence-electron chi connectivity index (χ3n) is 4.61. The summed E-state index contributed by atoms with van der Waals surface area (Å²) in [7, 11) is 0. The zero-order valence-corrected chi connectivity index (χ0v) is 15.3. The number of nitrogens with one attached hydrogen (secondary N) is 1. The topological polar surface area (TPSA) is 110 Å². The molecule has 27 heavy (non-hydrogen) atoms. The van der Waals surface area contributed by atoms with Gasteiger partial charge in [-0.2, -0.15) is 15.0 Å². The minimum Gasteiger partial charge on any atom is -0.378 e. The maximum Gasteiger partial charge on any atom is 0.273 e. The molecule has 0 atom stereocenters. The van der Waals surface area contributed by atoms with Crippen LogP contribution < -0.4 is 15.1 Å². The normalized spacial score (nSPS) is 17.4. The lowest BCUT2D eigenvalue weighted by Gasteiger charge is -2.28. The van der Waals surface area contributed by atoms with Crippen molar-refractivity contribution in [1.29, 1.82) is 0 Å². The maximum atomic E-state index is 12.2. The average molecular weight is 373 g/mol. The number of anilines is 2. The third-order valence-corrected chi connectivity index (χ3v) is 4.61. The number of rotatable bonds is 5. The van der Waals surface area contributed by atoms with Crippen molar-refractivity contribution in [3.63, 3.8) is 0 Å². The summed E-state index contributed by atoms with van der Waals surface area (Å²) in [6.45, 7) is 6.62. The summed E-state index contributed by atoms with van der Waals surface area (Å²) in [5.41, 5.74) is 0.245. The van der Waals surface area contributed by atoms with Gasteiger partial charge in [0.05, 0.1) is 19.8 Å². The van der Waals surface area contributed by atoms with E-state index >= 15 is 0 Å². The number of morpholine rings is 1. The predicted molar refractivity (Wildman–Crippen MR) is 96.7 cm³/mol. The first-order valence-corrected chi connectivity index (χ1v) is 9.23. The van der Waals surface area contributed by atoms with Gasteiger partial charge in [-0.3, -0.25) is 4.79 Å². The molecule has 0 spiro atoms. The van der Waals surface area contributed by atoms with Crippen LogP contribution in [-0.4, -0.2) is 65.4 Å². The minimum absolute atomic E-state index is 0.200. The Balaban J connectivity index is 1.52. The molecule has 2 aromatic heterocycles. The first-order valence-electron chi connectivity index (χ1n) is 9.23. The van der Waals surface area contributed by atoms with Gasteiger partial charge in [0.2, 0.25) is 11.9 Å². The van der Waals surface area contributed by atoms with E-state index in [-0.39, 0.29) is 18.1 Å². The number of nitrogens with zero attached hydrogens (tertiary/aromatic N) is 6. The van der Waals surface area contributed by atoms with Crippen molar-refractivity contribution in [3.05, 3.63) is 23.3 Å². The van der Waals surface area contributed by atoms with Crippen LogP contribution in [-0.2, 0) is 11.3 Å². The largest absolute Gasteiger partial charge is 0.378 e. The Morgan fingerprint density at radius 1 is 1.07 bits per heavy atom. The predicted octanol–water partition coefficient (Wildman–Crippen LogP) is 0.535. The van der Waals surface area contributed by atoms with Gasteiger partial charge in [0.25, 0.3) is 5.91 Å². The molecule has 144 valence electrons. The van der Waals surface area contributed by atoms with Crippen LogP contribution >= 0.6 is 0 Å². The Morgan fingerprint density at radius 3 is 2.37 bits per heavy atom. The molecular formula is C17H23N7O3. The fourth-order valence-corrected chi connectivity index (χ4v) is 3.16. The van der Waals surface area contributed by atoms with E-state index in [1.54, 1.807) is 13.0 Å². The van der Waals surface area contributed by atoms with Crippen LogP contribution in [0.1, 0.15) is 34.9 Å². The van der Waals surface area contributed by atoms with Crippen molar-refractivity contribution < 1.29 is 14.1 Å². The van der Waals surface area contributed by atoms with E-state index in [0.717, 1.165) is 39.0 Å². The van der Waals surface area contributed by atoms with Crippen LogP contribution in [0.25, 0.3) is 0 Å². The smallest absolute Gasteiger partial charge is 0.273 e. The molecule has 2 aromatic rings. The summed E-state index contributed by atoms with van der Waals surface area (Å²) in [6.07, 6.45) is 2.27. The molecule has 0 saturated carbocycles. The minimum atomic E-state index is -0.317. The highest BCUT2D eigenvalue weighted by molar-refractivity contribution is 5.92. The molecule has 0 aliphatic carbocycles. The SMILES string of the molecule is Cc1cc(C(=O)NCc2nc(N3CCCC3)nc(N3CCOCC3)n2)no1. The van der Waals surface area contributed by atoms with Crippen molar-refractivity contribution in [2.75, 3.05) is 49.2 Å². The zero-order chi connectivity index (χ0) is 18.6. The summed E-state index contributed by atoms with van der Waals surface area (Å²) >= 11 is 0. The fraction of sp³-hybridized carbons (Fsp3) is 0.588. The third kappa shape index (κ3) is 4.16. The monoisotopic (exact) mass is 373 g/mol. The molecule has 10 heteroatoms. The van der Waals surface area contributed by atoms with E-state index in [4.69, 9.17) is 9.26 Å². The van der Waals surface area contributed by atoms with E-state index in [1.165, 1.54) is 0 Å². The summed E-state index contributed by atoms with van der Waals surface area (Å²) < 4.78 is 10.4. The number of carbonyl (C=O) groups is 1. The number of ether oxygens (including phenoxy) is 1. The molecule has 4 heterocycles. The van der Waals surface area contributed by atoms with Crippen LogP contribution in [0, 0.1) is 6.92 Å². The van der Waals surface area contributed by atoms with Gasteiger partial charge in [0, 0.05) is 32.2 Å². The first kappa shape index (κ1) is 17.7. The molecule has 10 nitrogen and oxygen atoms in total. The number of amides is 1. The van der Waals surface area contributed by atoms with Crippen LogP contribution in [0.15, 0.2) is 10.6 Å². The van der Waals surface area contributed by atoms with Gasteiger partial charge in [-0.15, -0.1) is 0 Å². The molecule has 0 aromatic carbocycles. The highest BCUT2D eigenvalue weighted by Crippen LogP contribution is 2.19. The molecular weight excluding hydrogens is 350 g/mol. The first-order chi connectivity index (χ1) is 13.2. The van der Waals surface area contributed by atoms with E-state index in [0.29, 0.717) is 36.7 Å². The Labute approximate surface area is 156 Å². The van der Waals surface area contributed by atoms with Crippen molar-refractivity contribution in [1.82, 2.24) is 25.4 Å². The summed E-state index contributed by atoms with van der Waals surface area (Å²) in [4.78, 5) is 30.3. The second-order valence-electron chi connectivity index (χ2n) is 6.65. The molecule has 0 unspecified atom stereocenters. The highest BCUT2D eigenvalue weighted by atomic mass is 16.5. The molecule has 1 amide bonds. The van der Waals surface area contributed by atoms with Crippen molar-refractivity contribution in [2.24, 2.45) is 0 Å². The lowest BCUT2D eigenvalue weighted by molar-refractivity contribution is 0.0940. The van der Waals surface area contributed by atoms with Gasteiger partial charge in [-0.05, 0) is 19.8 Å². The van der Waals surface area contributed by atoms with E-state index < -0.39 is 0 Å². The quantitative estimate of drug-likeness (QED) is 0.802. The van der Waals surface area contributed by atoms with Crippen molar-refractivity contribution in [3.8, 4) is 0 Å². The van der Waals surface area contributed by atoms with Crippen molar-refractivity contribution in [2.45, 2.75) is 26.3 Å². The van der Waals surface area contributed by atoms with Gasteiger partial charge in [-0.1, -0.05) is 5.16 Å². The Hall–Kier alpha value is -2.75. The van der Waals surface area contributed by atoms with Crippen LogP contribution in [0.3, 0.4) is 0 Å². The van der Waals surface area contributed by atoms with E-state index in [1.807, 2.05) is 0 Å². The Kier molecular flexibility index (Phi) is 5.14. The van der Waals surface area contributed by atoms with E-state index in [9.17, 15) is 4.79 Å². The van der Waals surface area contributed by atoms with Gasteiger partial charge in [0.15, 0.2) is 11.5 Å². The summed E-state index contributed by atoms with van der Waals surface area (Å²) in [5, 5.41) is 6.53. The fourth-order valence-electron chi connectivity index (χ4n) is 3.16. The van der Waals surface area contributed by atoms with Gasteiger partial charge in [-0.25, -0.2) is 0 Å². The number of hydrogen-bond donors (Lipinski definition) is 1. The van der Waals surface area contributed by atoms with Gasteiger partial charge in [0.1, 0.15) is 5.76 Å². The van der Waals surface area contributed by atoms with Crippen LogP contribution in [0.4, 0.5) is 11.9 Å². The zero-order valence-electron chi connectivity index (χ0n) is 15.3. The second kappa shape index (κ2) is 7.87. The lowest BCUT2D eigenvalue weighted by atomic mass is 10.3. The molecule has 2 fully saturated rings. The number of aromatic nitrogens is 4. The molecule has 0 bridgehead atoms. The molecule has 1 N–H and O–H groups in total. The average Bonchev–Trinajstić information content (AvgIpc) is 3.38. The Morgan fingerprint density at radius 2 is 1.74 bits per heavy atom. The molecule has 0 radical (unpaired) electrons. The number of carbonyl (C=O) groups excluding carboxylic acids is 1.